The van der Waals surface area contributed by atoms with Crippen molar-refractivity contribution >= 4 is 5.71 Å². The number of nitrogens with one attached hydrogen (secondary N) is 1. The number of hydrogen-bond acceptors (Lipinski definition) is 3. The van der Waals surface area contributed by atoms with Crippen molar-refractivity contribution in [3.63, 3.8) is 0 Å². The Morgan fingerprint density at radius 1 is 1.62 bits per heavy atom. The lowest BCUT2D eigenvalue weighted by Crippen LogP contribution is -2.22. The topological polar surface area (TPSA) is 27.6 Å². The largest absolute Gasteiger partial charge is 0.310 e. The second kappa shape index (κ2) is 4.61. The fourth-order valence-corrected chi connectivity index (χ4v) is 1.43. The Kier molecular flexibility index (Phi) is 3.72. The van der Waals surface area contributed by atoms with E-state index in [-0.39, 0.29) is 0 Å². The summed E-state index contributed by atoms with van der Waals surface area (Å²) >= 11 is 0. The zero-order valence-corrected chi connectivity index (χ0v) is 9.17. The van der Waals surface area contributed by atoms with Crippen LogP contribution in [-0.4, -0.2) is 36.8 Å². The van der Waals surface area contributed by atoms with Gasteiger partial charge in [0, 0.05) is 25.6 Å². The van der Waals surface area contributed by atoms with E-state index in [2.05, 4.69) is 43.2 Å². The minimum Gasteiger partial charge on any atom is -0.310 e. The average molecular weight is 183 g/mol. The number of hydrazone groups is 1. The average Bonchev–Trinajstić information content (AvgIpc) is 2.30. The summed E-state index contributed by atoms with van der Waals surface area (Å²) in [6, 6.07) is 0.652. The maximum absolute atomic E-state index is 4.39. The van der Waals surface area contributed by atoms with E-state index in [4.69, 9.17) is 0 Å². The molecule has 0 aromatic heterocycles. The summed E-state index contributed by atoms with van der Waals surface area (Å²) < 4.78 is 0. The predicted molar refractivity (Wildman–Crippen MR) is 57.0 cm³/mol. The second-order valence-electron chi connectivity index (χ2n) is 4.40. The molecule has 0 saturated carbocycles. The Labute approximate surface area is 81.2 Å². The van der Waals surface area contributed by atoms with E-state index in [9.17, 15) is 0 Å². The maximum atomic E-state index is 4.39. The zero-order valence-electron chi connectivity index (χ0n) is 9.17. The first-order valence-corrected chi connectivity index (χ1v) is 5.08. The fourth-order valence-electron chi connectivity index (χ4n) is 1.43. The van der Waals surface area contributed by atoms with Crippen molar-refractivity contribution in [2.45, 2.75) is 33.2 Å². The third-order valence-corrected chi connectivity index (χ3v) is 2.45. The van der Waals surface area contributed by atoms with Gasteiger partial charge in [-0.2, -0.15) is 5.10 Å². The van der Waals surface area contributed by atoms with Gasteiger partial charge >= 0.3 is 0 Å². The third-order valence-electron chi connectivity index (χ3n) is 2.45. The van der Waals surface area contributed by atoms with Crippen molar-refractivity contribution in [3.05, 3.63) is 0 Å². The smallest absolute Gasteiger partial charge is 0.0533 e. The van der Waals surface area contributed by atoms with Crippen LogP contribution in [0.2, 0.25) is 0 Å². The first-order valence-electron chi connectivity index (χ1n) is 5.08. The lowest BCUT2D eigenvalue weighted by atomic mass is 10.2. The minimum absolute atomic E-state index is 0.652. The van der Waals surface area contributed by atoms with E-state index in [0.717, 1.165) is 19.5 Å². The number of likely N-dealkylation sites (tertiary alicyclic amines) is 1. The van der Waals surface area contributed by atoms with Crippen LogP contribution < -0.4 is 5.43 Å². The van der Waals surface area contributed by atoms with E-state index in [1.54, 1.807) is 0 Å². The van der Waals surface area contributed by atoms with Gasteiger partial charge in [0.25, 0.3) is 0 Å². The molecule has 0 aromatic rings. The molecule has 0 radical (unpaired) electrons. The third kappa shape index (κ3) is 3.35. The van der Waals surface area contributed by atoms with Gasteiger partial charge in [-0.05, 0) is 19.9 Å². The molecule has 13 heavy (non-hydrogen) atoms. The van der Waals surface area contributed by atoms with Crippen molar-refractivity contribution < 1.29 is 0 Å². The minimum atomic E-state index is 0.652. The van der Waals surface area contributed by atoms with E-state index >= 15 is 0 Å². The van der Waals surface area contributed by atoms with Crippen molar-refractivity contribution in [1.29, 1.82) is 0 Å². The molecule has 1 N–H and O–H groups in total. The van der Waals surface area contributed by atoms with Crippen molar-refractivity contribution in [2.24, 2.45) is 11.0 Å². The molecule has 1 saturated heterocycles. The molecule has 3 heteroatoms. The molecule has 0 spiro atoms. The zero-order chi connectivity index (χ0) is 9.84. The van der Waals surface area contributed by atoms with Crippen LogP contribution in [0.3, 0.4) is 0 Å². The molecule has 0 aromatic carbocycles. The first kappa shape index (κ1) is 10.5. The predicted octanol–water partition coefficient (Wildman–Crippen LogP) is 1.31. The van der Waals surface area contributed by atoms with E-state index in [1.165, 1.54) is 5.71 Å². The summed E-state index contributed by atoms with van der Waals surface area (Å²) in [5.74, 6) is 0.668. The molecule has 1 aliphatic heterocycles. The Hall–Kier alpha value is -0.570. The molecule has 0 amide bonds. The van der Waals surface area contributed by atoms with Crippen molar-refractivity contribution in [2.75, 3.05) is 20.1 Å². The Bertz CT molecular complexity index is 175. The van der Waals surface area contributed by atoms with Gasteiger partial charge in [-0.15, -0.1) is 0 Å². The van der Waals surface area contributed by atoms with Gasteiger partial charge in [-0.3, -0.25) is 4.90 Å². The highest BCUT2D eigenvalue weighted by Gasteiger charge is 2.21. The Balaban J connectivity index is 2.29. The van der Waals surface area contributed by atoms with Crippen molar-refractivity contribution in [3.8, 4) is 0 Å². The van der Waals surface area contributed by atoms with Gasteiger partial charge in [0.05, 0.1) is 5.71 Å². The number of rotatable bonds is 3. The number of nitrogens with zero attached hydrogens (tertiary/aromatic N) is 2. The molecular weight excluding hydrogens is 162 g/mol. The summed E-state index contributed by atoms with van der Waals surface area (Å²) in [6.45, 7) is 8.62. The molecule has 0 bridgehead atoms. The van der Waals surface area contributed by atoms with E-state index < -0.39 is 0 Å². The molecule has 1 atom stereocenters. The Morgan fingerprint density at radius 2 is 2.31 bits per heavy atom. The van der Waals surface area contributed by atoms with Crippen LogP contribution in [0.25, 0.3) is 0 Å². The summed E-state index contributed by atoms with van der Waals surface area (Å²) in [7, 11) is 2.15. The van der Waals surface area contributed by atoms with Crippen LogP contribution in [0.1, 0.15) is 27.2 Å². The normalized spacial score (nSPS) is 27.5. The second-order valence-corrected chi connectivity index (χ2v) is 4.40. The van der Waals surface area contributed by atoms with Gasteiger partial charge in [-0.1, -0.05) is 13.8 Å². The molecule has 76 valence electrons. The van der Waals surface area contributed by atoms with Crippen LogP contribution in [-0.2, 0) is 0 Å². The lowest BCUT2D eigenvalue weighted by Gasteiger charge is -2.11. The van der Waals surface area contributed by atoms with Gasteiger partial charge in [-0.25, -0.2) is 0 Å². The quantitative estimate of drug-likeness (QED) is 0.668. The molecule has 1 aliphatic rings. The van der Waals surface area contributed by atoms with Crippen molar-refractivity contribution in [1.82, 2.24) is 10.3 Å². The molecule has 1 rings (SSSR count). The molecule has 1 heterocycles. The van der Waals surface area contributed by atoms with E-state index in [0.29, 0.717) is 12.0 Å². The molecule has 1 fully saturated rings. The lowest BCUT2D eigenvalue weighted by molar-refractivity contribution is 0.333. The van der Waals surface area contributed by atoms with E-state index in [1.807, 2.05) is 0 Å². The Morgan fingerprint density at radius 3 is 2.77 bits per heavy atom. The monoisotopic (exact) mass is 183 g/mol. The summed E-state index contributed by atoms with van der Waals surface area (Å²) in [4.78, 5) is 2.33. The maximum Gasteiger partial charge on any atom is 0.0533 e. The van der Waals surface area contributed by atoms with Crippen LogP contribution in [0.4, 0.5) is 0 Å². The summed E-state index contributed by atoms with van der Waals surface area (Å²) in [6.07, 6.45) is 1.11. The highest BCUT2D eigenvalue weighted by Crippen LogP contribution is 2.11. The molecule has 3 nitrogen and oxygen atoms in total. The molecule has 1 unspecified atom stereocenters. The highest BCUT2D eigenvalue weighted by atomic mass is 15.3. The van der Waals surface area contributed by atoms with Crippen LogP contribution in [0.5, 0.6) is 0 Å². The molecule has 0 aliphatic carbocycles. The van der Waals surface area contributed by atoms with Gasteiger partial charge < -0.3 is 5.43 Å². The summed E-state index contributed by atoms with van der Waals surface area (Å²) in [5, 5.41) is 4.39. The van der Waals surface area contributed by atoms with Crippen LogP contribution in [0, 0.1) is 5.92 Å². The number of hydrogen-bond donors (Lipinski definition) is 1. The SMILES string of the molecule is CC(C)CN/N=C1\CC(C)N(C)C1. The first-order chi connectivity index (χ1) is 6.09. The highest BCUT2D eigenvalue weighted by molar-refractivity contribution is 5.88. The molecular formula is C10H21N3. The van der Waals surface area contributed by atoms with Crippen LogP contribution >= 0.6 is 0 Å². The van der Waals surface area contributed by atoms with Gasteiger partial charge in [0.15, 0.2) is 0 Å². The van der Waals surface area contributed by atoms with Gasteiger partial charge in [0.1, 0.15) is 0 Å². The van der Waals surface area contributed by atoms with Crippen LogP contribution in [0.15, 0.2) is 5.10 Å². The van der Waals surface area contributed by atoms with Gasteiger partial charge in [0.2, 0.25) is 0 Å². The standard InChI is InChI=1S/C10H21N3/c1-8(2)6-11-12-10-5-9(3)13(4)7-10/h8-9,11H,5-7H2,1-4H3/b12-10+. The fraction of sp³-hybridized carbons (Fsp3) is 0.900. The summed E-state index contributed by atoms with van der Waals surface area (Å²) in [5.41, 5.74) is 4.42.